The van der Waals surface area contributed by atoms with Crippen LogP contribution in [-0.2, 0) is 4.79 Å². The van der Waals surface area contributed by atoms with Crippen LogP contribution in [0.25, 0.3) is 22.1 Å². The van der Waals surface area contributed by atoms with Crippen molar-refractivity contribution in [3.63, 3.8) is 0 Å². The lowest BCUT2D eigenvalue weighted by atomic mass is 9.84. The number of likely N-dealkylation sites (tertiary alicyclic amines) is 1. The molecule has 1 N–H and O–H groups in total. The molecule has 0 spiro atoms. The van der Waals surface area contributed by atoms with Gasteiger partial charge in [0.1, 0.15) is 17.0 Å². The molecule has 2 fully saturated rings. The van der Waals surface area contributed by atoms with E-state index in [0.29, 0.717) is 24.3 Å². The van der Waals surface area contributed by atoms with Crippen LogP contribution in [0.3, 0.4) is 0 Å². The van der Waals surface area contributed by atoms with E-state index in [9.17, 15) is 4.79 Å². The Morgan fingerprint density at radius 2 is 2.00 bits per heavy atom. The van der Waals surface area contributed by atoms with Gasteiger partial charge in [0.15, 0.2) is 0 Å². The second-order valence-electron chi connectivity index (χ2n) is 8.89. The molecule has 0 unspecified atom stereocenters. The molecule has 2 aliphatic rings. The van der Waals surface area contributed by atoms with Crippen LogP contribution in [0.5, 0.6) is 0 Å². The van der Waals surface area contributed by atoms with Gasteiger partial charge in [0, 0.05) is 50.0 Å². The van der Waals surface area contributed by atoms with E-state index < -0.39 is 0 Å². The Morgan fingerprint density at radius 1 is 1.23 bits per heavy atom. The van der Waals surface area contributed by atoms with Crippen molar-refractivity contribution in [2.75, 3.05) is 13.1 Å². The first-order chi connectivity index (χ1) is 14.7. The Labute approximate surface area is 176 Å². The zero-order valence-electron chi connectivity index (χ0n) is 17.5. The Balaban J connectivity index is 1.55. The molecule has 156 valence electrons. The van der Waals surface area contributed by atoms with Crippen molar-refractivity contribution >= 4 is 28.0 Å². The molecule has 0 aromatic carbocycles. The van der Waals surface area contributed by atoms with Gasteiger partial charge in [-0.05, 0) is 50.5 Å². The largest absolute Gasteiger partial charge is 0.346 e. The first-order valence-electron chi connectivity index (χ1n) is 11.1. The Kier molecular flexibility index (Phi) is 4.93. The molecule has 1 aliphatic heterocycles. The molecule has 1 saturated carbocycles. The highest BCUT2D eigenvalue weighted by Gasteiger charge is 2.31. The fourth-order valence-electron chi connectivity index (χ4n) is 5.46. The number of piperidine rings is 1. The number of nitriles is 1. The maximum absolute atomic E-state index is 11.8. The minimum absolute atomic E-state index is 0.163. The van der Waals surface area contributed by atoms with Crippen molar-refractivity contribution in [3.05, 3.63) is 24.3 Å². The lowest BCUT2D eigenvalue weighted by Gasteiger charge is -2.34. The molecule has 0 bridgehead atoms. The first-order valence-corrected chi connectivity index (χ1v) is 11.1. The Morgan fingerprint density at radius 3 is 2.70 bits per heavy atom. The van der Waals surface area contributed by atoms with E-state index >= 15 is 0 Å². The van der Waals surface area contributed by atoms with Gasteiger partial charge in [-0.2, -0.15) is 5.26 Å². The van der Waals surface area contributed by atoms with Gasteiger partial charge in [-0.25, -0.2) is 9.97 Å². The van der Waals surface area contributed by atoms with E-state index in [1.165, 1.54) is 5.52 Å². The second kappa shape index (κ2) is 7.75. The van der Waals surface area contributed by atoms with Crippen molar-refractivity contribution in [3.8, 4) is 6.07 Å². The molecule has 1 saturated heterocycles. The molecule has 7 nitrogen and oxygen atoms in total. The van der Waals surface area contributed by atoms with Gasteiger partial charge in [0.25, 0.3) is 0 Å². The maximum Gasteiger partial charge on any atom is 0.219 e. The molecule has 30 heavy (non-hydrogen) atoms. The Bertz CT molecular complexity index is 1110. The van der Waals surface area contributed by atoms with Crippen LogP contribution in [0, 0.1) is 17.2 Å². The van der Waals surface area contributed by atoms with Crippen LogP contribution < -0.4 is 0 Å². The summed E-state index contributed by atoms with van der Waals surface area (Å²) >= 11 is 0. The quantitative estimate of drug-likeness (QED) is 0.705. The van der Waals surface area contributed by atoms with Crippen molar-refractivity contribution in [2.45, 2.75) is 63.8 Å². The summed E-state index contributed by atoms with van der Waals surface area (Å²) in [5, 5.41) is 10.2. The highest BCUT2D eigenvalue weighted by Crippen LogP contribution is 2.40. The van der Waals surface area contributed by atoms with Gasteiger partial charge < -0.3 is 14.5 Å². The molecular weight excluding hydrogens is 376 g/mol. The lowest BCUT2D eigenvalue weighted by Crippen LogP contribution is -2.37. The molecule has 1 aliphatic carbocycles. The van der Waals surface area contributed by atoms with E-state index in [0.717, 1.165) is 74.0 Å². The van der Waals surface area contributed by atoms with E-state index in [1.807, 2.05) is 17.3 Å². The number of imidazole rings is 1. The summed E-state index contributed by atoms with van der Waals surface area (Å²) in [5.41, 5.74) is 3.05. The topological polar surface area (TPSA) is 90.6 Å². The summed E-state index contributed by atoms with van der Waals surface area (Å²) in [4.78, 5) is 26.6. The van der Waals surface area contributed by atoms with Crippen LogP contribution in [-0.4, -0.2) is 43.4 Å². The summed E-state index contributed by atoms with van der Waals surface area (Å²) in [6, 6.07) is 4.86. The number of H-pyrrole nitrogens is 1. The third kappa shape index (κ3) is 3.24. The average molecular weight is 405 g/mol. The number of carbonyl (C=O) groups excluding carboxylic acids is 1. The summed E-state index contributed by atoms with van der Waals surface area (Å²) in [6.45, 7) is 3.26. The van der Waals surface area contributed by atoms with Gasteiger partial charge >= 0.3 is 0 Å². The number of pyridine rings is 1. The van der Waals surface area contributed by atoms with Crippen LogP contribution >= 0.6 is 0 Å². The van der Waals surface area contributed by atoms with E-state index in [1.54, 1.807) is 6.92 Å². The third-order valence-electron chi connectivity index (χ3n) is 7.13. The lowest BCUT2D eigenvalue weighted by molar-refractivity contribution is -0.129. The number of hydrogen-bond acceptors (Lipinski definition) is 4. The number of fused-ring (bicyclic) bond motifs is 3. The van der Waals surface area contributed by atoms with E-state index in [-0.39, 0.29) is 5.91 Å². The molecule has 3 aromatic heterocycles. The number of carbonyl (C=O) groups is 1. The van der Waals surface area contributed by atoms with Gasteiger partial charge in [0.2, 0.25) is 5.91 Å². The van der Waals surface area contributed by atoms with Gasteiger partial charge in [0.05, 0.1) is 17.8 Å². The van der Waals surface area contributed by atoms with Crippen molar-refractivity contribution in [2.24, 2.45) is 5.92 Å². The van der Waals surface area contributed by atoms with Crippen LogP contribution in [0.2, 0.25) is 0 Å². The zero-order chi connectivity index (χ0) is 20.7. The third-order valence-corrected chi connectivity index (χ3v) is 7.13. The summed E-state index contributed by atoms with van der Waals surface area (Å²) in [7, 11) is 0. The molecule has 0 atom stereocenters. The summed E-state index contributed by atoms with van der Waals surface area (Å²) in [5.74, 6) is 2.21. The predicted molar refractivity (Wildman–Crippen MR) is 115 cm³/mol. The van der Waals surface area contributed by atoms with E-state index in [4.69, 9.17) is 10.2 Å². The number of hydrogen-bond donors (Lipinski definition) is 1. The molecular formula is C23H28N6O. The molecule has 0 radical (unpaired) electrons. The van der Waals surface area contributed by atoms with Crippen molar-refractivity contribution < 1.29 is 4.79 Å². The standard InChI is InChI=1S/C23H28N6O/c1-15(30)28-12-8-17(9-13-28)23-27-20-14-26-22-19(7-11-25-22)21(20)29(23)18-4-2-16(3-5-18)6-10-24/h7,11,14,16-18H,2-6,8-9,12-13H2,1H3,(H,25,26). The fourth-order valence-corrected chi connectivity index (χ4v) is 5.46. The SMILES string of the molecule is CC(=O)N1CCC(c2nc3cnc4[nH]ccc4c3n2C2CCC(CC#N)CC2)CC1. The fraction of sp³-hybridized carbons (Fsp3) is 0.565. The minimum Gasteiger partial charge on any atom is -0.346 e. The number of nitrogens with zero attached hydrogens (tertiary/aromatic N) is 5. The molecule has 1 amide bonds. The normalized spacial score (nSPS) is 23.1. The maximum atomic E-state index is 11.8. The number of aromatic amines is 1. The van der Waals surface area contributed by atoms with Crippen molar-refractivity contribution in [1.82, 2.24) is 24.4 Å². The second-order valence-corrected chi connectivity index (χ2v) is 8.89. The van der Waals surface area contributed by atoms with Crippen LogP contribution in [0.4, 0.5) is 0 Å². The van der Waals surface area contributed by atoms with Crippen LogP contribution in [0.15, 0.2) is 18.5 Å². The molecule has 5 rings (SSSR count). The minimum atomic E-state index is 0.163. The van der Waals surface area contributed by atoms with Gasteiger partial charge in [-0.3, -0.25) is 4.79 Å². The first kappa shape index (κ1) is 19.1. The van der Waals surface area contributed by atoms with Gasteiger partial charge in [-0.15, -0.1) is 0 Å². The number of amides is 1. The number of nitrogens with one attached hydrogen (secondary N) is 1. The highest BCUT2D eigenvalue weighted by atomic mass is 16.2. The summed E-state index contributed by atoms with van der Waals surface area (Å²) < 4.78 is 2.50. The zero-order valence-corrected chi connectivity index (χ0v) is 17.5. The molecule has 4 heterocycles. The number of aromatic nitrogens is 4. The van der Waals surface area contributed by atoms with E-state index in [2.05, 4.69) is 26.7 Å². The monoisotopic (exact) mass is 404 g/mol. The Hall–Kier alpha value is -2.88. The average Bonchev–Trinajstić information content (AvgIpc) is 3.39. The molecule has 7 heteroatoms. The van der Waals surface area contributed by atoms with Crippen molar-refractivity contribution in [1.29, 1.82) is 5.26 Å². The number of rotatable bonds is 3. The summed E-state index contributed by atoms with van der Waals surface area (Å²) in [6.07, 6.45) is 10.8. The smallest absolute Gasteiger partial charge is 0.219 e. The molecule has 3 aromatic rings. The van der Waals surface area contributed by atoms with Crippen LogP contribution in [0.1, 0.15) is 69.7 Å². The predicted octanol–water partition coefficient (Wildman–Crippen LogP) is 4.28. The highest BCUT2D eigenvalue weighted by molar-refractivity contribution is 6.01. The van der Waals surface area contributed by atoms with Gasteiger partial charge in [-0.1, -0.05) is 0 Å².